The molecule has 0 bridgehead atoms. The van der Waals surface area contributed by atoms with Crippen molar-refractivity contribution in [3.63, 3.8) is 0 Å². The summed E-state index contributed by atoms with van der Waals surface area (Å²) in [6.07, 6.45) is -1.20. The van der Waals surface area contributed by atoms with Crippen molar-refractivity contribution in [2.75, 3.05) is 26.2 Å². The molecule has 1 amide bonds. The highest BCUT2D eigenvalue weighted by atomic mass is 35.5. The number of amides is 1. The summed E-state index contributed by atoms with van der Waals surface area (Å²) in [5, 5.41) is 4.65. The van der Waals surface area contributed by atoms with Crippen LogP contribution in [0.2, 0.25) is 5.02 Å². The molecule has 0 N–H and O–H groups in total. The molecule has 0 saturated carbocycles. The van der Waals surface area contributed by atoms with E-state index >= 15 is 0 Å². The zero-order valence-corrected chi connectivity index (χ0v) is 14.0. The van der Waals surface area contributed by atoms with Crippen molar-refractivity contribution in [2.24, 2.45) is 0 Å². The molecule has 25 heavy (non-hydrogen) atoms. The lowest BCUT2D eigenvalue weighted by atomic mass is 10.1. The van der Waals surface area contributed by atoms with Crippen molar-refractivity contribution in [1.82, 2.24) is 19.6 Å². The van der Waals surface area contributed by atoms with Crippen LogP contribution in [-0.2, 0) is 12.8 Å². The summed E-state index contributed by atoms with van der Waals surface area (Å²) in [6.45, 7) is 2.68. The summed E-state index contributed by atoms with van der Waals surface area (Å²) in [6, 6.07) is 4.54. The van der Waals surface area contributed by atoms with E-state index < -0.39 is 11.7 Å². The van der Waals surface area contributed by atoms with E-state index in [1.807, 2.05) is 0 Å². The number of piperazine rings is 1. The normalized spacial score (nSPS) is 16.2. The highest BCUT2D eigenvalue weighted by Gasteiger charge is 2.31. The molecule has 134 valence electrons. The van der Waals surface area contributed by atoms with Gasteiger partial charge in [-0.05, 0) is 18.2 Å². The van der Waals surface area contributed by atoms with E-state index in [-0.39, 0.29) is 11.5 Å². The maximum atomic E-state index is 12.8. The summed E-state index contributed by atoms with van der Waals surface area (Å²) in [5.41, 5.74) is -0.755. The minimum Gasteiger partial charge on any atom is -0.336 e. The van der Waals surface area contributed by atoms with Gasteiger partial charge in [-0.25, -0.2) is 0 Å². The fourth-order valence-electron chi connectivity index (χ4n) is 2.72. The van der Waals surface area contributed by atoms with Crippen LogP contribution in [0.1, 0.15) is 15.9 Å². The number of rotatable bonds is 3. The van der Waals surface area contributed by atoms with Crippen molar-refractivity contribution in [3.8, 4) is 0 Å². The number of hydrogen-bond donors (Lipinski definition) is 0. The van der Waals surface area contributed by atoms with Gasteiger partial charge in [0.15, 0.2) is 0 Å². The van der Waals surface area contributed by atoms with Crippen molar-refractivity contribution >= 4 is 17.5 Å². The number of alkyl halides is 3. The molecule has 5 nitrogen and oxygen atoms in total. The summed E-state index contributed by atoms with van der Waals surface area (Å²) in [5.74, 6) is -0.382. The third kappa shape index (κ3) is 4.32. The minimum absolute atomic E-state index is 0.0575. The second kappa shape index (κ2) is 7.05. The average molecular weight is 373 g/mol. The van der Waals surface area contributed by atoms with Crippen molar-refractivity contribution in [1.29, 1.82) is 0 Å². The molecular formula is C16H16ClF3N4O. The molecule has 3 rings (SSSR count). The molecule has 0 radical (unpaired) electrons. The fraction of sp³-hybridized carbons (Fsp3) is 0.375. The molecule has 1 aliphatic heterocycles. The van der Waals surface area contributed by atoms with Crippen molar-refractivity contribution in [3.05, 3.63) is 52.8 Å². The Kier molecular flexibility index (Phi) is 5.01. The molecule has 0 aliphatic carbocycles. The van der Waals surface area contributed by atoms with Gasteiger partial charge in [-0.2, -0.15) is 18.3 Å². The third-order valence-corrected chi connectivity index (χ3v) is 4.24. The Hall–Kier alpha value is -2.06. The SMILES string of the molecule is O=C(c1cccc(C(F)(F)F)c1)N1CCN(Cn2cc(Cl)cn2)CC1. The third-order valence-electron chi connectivity index (χ3n) is 4.04. The Morgan fingerprint density at radius 2 is 1.92 bits per heavy atom. The smallest absolute Gasteiger partial charge is 0.336 e. The van der Waals surface area contributed by atoms with Gasteiger partial charge >= 0.3 is 6.18 Å². The van der Waals surface area contributed by atoms with Crippen LogP contribution in [0.15, 0.2) is 36.7 Å². The lowest BCUT2D eigenvalue weighted by Gasteiger charge is -2.34. The fourth-order valence-corrected chi connectivity index (χ4v) is 2.88. The Morgan fingerprint density at radius 1 is 1.20 bits per heavy atom. The standard InChI is InChI=1S/C16H16ClF3N4O/c17-14-9-21-24(10-14)11-22-4-6-23(7-5-22)15(25)12-2-1-3-13(8-12)16(18,19)20/h1-3,8-10H,4-7,11H2. The van der Waals surface area contributed by atoms with E-state index in [2.05, 4.69) is 10.00 Å². The largest absolute Gasteiger partial charge is 0.416 e. The van der Waals surface area contributed by atoms with E-state index in [0.717, 1.165) is 12.1 Å². The van der Waals surface area contributed by atoms with E-state index in [0.29, 0.717) is 37.9 Å². The number of aromatic nitrogens is 2. The first kappa shape index (κ1) is 17.8. The predicted molar refractivity (Wildman–Crippen MR) is 86.2 cm³/mol. The minimum atomic E-state index is -4.46. The highest BCUT2D eigenvalue weighted by molar-refractivity contribution is 6.30. The lowest BCUT2D eigenvalue weighted by Crippen LogP contribution is -2.49. The molecule has 1 fully saturated rings. The number of hydrogen-bond acceptors (Lipinski definition) is 3. The molecule has 1 saturated heterocycles. The average Bonchev–Trinajstić information content (AvgIpc) is 2.99. The van der Waals surface area contributed by atoms with E-state index in [9.17, 15) is 18.0 Å². The monoisotopic (exact) mass is 372 g/mol. The quantitative estimate of drug-likeness (QED) is 0.831. The van der Waals surface area contributed by atoms with Gasteiger partial charge in [-0.3, -0.25) is 14.4 Å². The maximum Gasteiger partial charge on any atom is 0.416 e. The van der Waals surface area contributed by atoms with E-state index in [1.54, 1.807) is 22.0 Å². The summed E-state index contributed by atoms with van der Waals surface area (Å²) < 4.78 is 40.1. The van der Waals surface area contributed by atoms with Gasteiger partial charge < -0.3 is 4.90 Å². The molecular weight excluding hydrogens is 357 g/mol. The molecule has 0 unspecified atom stereocenters. The van der Waals surface area contributed by atoms with Gasteiger partial charge in [0.1, 0.15) is 0 Å². The number of nitrogens with zero attached hydrogens (tertiary/aromatic N) is 4. The Bertz CT molecular complexity index is 754. The molecule has 1 aromatic heterocycles. The van der Waals surface area contributed by atoms with Crippen LogP contribution in [0.4, 0.5) is 13.2 Å². The maximum absolute atomic E-state index is 12.8. The first-order chi connectivity index (χ1) is 11.8. The van der Waals surface area contributed by atoms with Crippen molar-refractivity contribution in [2.45, 2.75) is 12.8 Å². The summed E-state index contributed by atoms with van der Waals surface area (Å²) >= 11 is 5.82. The van der Waals surface area contributed by atoms with Crippen molar-refractivity contribution < 1.29 is 18.0 Å². The number of benzene rings is 1. The number of carbonyl (C=O) groups is 1. The van der Waals surface area contributed by atoms with Crippen LogP contribution < -0.4 is 0 Å². The molecule has 1 aliphatic rings. The number of carbonyl (C=O) groups excluding carboxylic acids is 1. The molecule has 0 atom stereocenters. The zero-order chi connectivity index (χ0) is 18.0. The van der Waals surface area contributed by atoms with Gasteiger partial charge in [0.05, 0.1) is 23.5 Å². The van der Waals surface area contributed by atoms with Crippen LogP contribution >= 0.6 is 11.6 Å². The molecule has 0 spiro atoms. The van der Waals surface area contributed by atoms with Gasteiger partial charge in [0.25, 0.3) is 5.91 Å². The van der Waals surface area contributed by atoms with Crippen LogP contribution in [0.3, 0.4) is 0 Å². The van der Waals surface area contributed by atoms with Gasteiger partial charge in [0, 0.05) is 37.9 Å². The first-order valence-corrected chi connectivity index (χ1v) is 8.07. The Balaban J connectivity index is 1.60. The zero-order valence-electron chi connectivity index (χ0n) is 13.2. The topological polar surface area (TPSA) is 41.4 Å². The second-order valence-corrected chi connectivity index (χ2v) is 6.26. The van der Waals surface area contributed by atoms with E-state index in [4.69, 9.17) is 11.6 Å². The second-order valence-electron chi connectivity index (χ2n) is 5.83. The first-order valence-electron chi connectivity index (χ1n) is 7.70. The van der Waals surface area contributed by atoms with Crippen LogP contribution in [0, 0.1) is 0 Å². The lowest BCUT2D eigenvalue weighted by molar-refractivity contribution is -0.137. The number of halogens is 4. The Labute approximate surface area is 147 Å². The van der Waals surface area contributed by atoms with Crippen LogP contribution in [0.5, 0.6) is 0 Å². The molecule has 1 aromatic carbocycles. The van der Waals surface area contributed by atoms with Crippen LogP contribution in [0.25, 0.3) is 0 Å². The highest BCUT2D eigenvalue weighted by Crippen LogP contribution is 2.29. The van der Waals surface area contributed by atoms with Gasteiger partial charge in [-0.15, -0.1) is 0 Å². The van der Waals surface area contributed by atoms with Gasteiger partial charge in [-0.1, -0.05) is 17.7 Å². The van der Waals surface area contributed by atoms with Crippen LogP contribution in [-0.4, -0.2) is 51.7 Å². The summed E-state index contributed by atoms with van der Waals surface area (Å²) in [4.78, 5) is 16.1. The molecule has 2 aromatic rings. The van der Waals surface area contributed by atoms with E-state index in [1.165, 1.54) is 12.1 Å². The Morgan fingerprint density at radius 3 is 2.52 bits per heavy atom. The van der Waals surface area contributed by atoms with Gasteiger partial charge in [0.2, 0.25) is 0 Å². The molecule has 9 heteroatoms. The molecule has 2 heterocycles. The summed E-state index contributed by atoms with van der Waals surface area (Å²) in [7, 11) is 0. The predicted octanol–water partition coefficient (Wildman–Crippen LogP) is 2.97.